The molecule has 94 valence electrons. The van der Waals surface area contributed by atoms with Gasteiger partial charge >= 0.3 is 6.09 Å². The molecule has 0 bridgehead atoms. The molecule has 1 amide bonds. The number of nitrogens with one attached hydrogen (secondary N) is 1. The van der Waals surface area contributed by atoms with Crippen LogP contribution in [0.15, 0.2) is 24.4 Å². The zero-order chi connectivity index (χ0) is 12.7. The van der Waals surface area contributed by atoms with Crippen LogP contribution in [0, 0.1) is 12.8 Å². The van der Waals surface area contributed by atoms with Crippen molar-refractivity contribution in [2.45, 2.75) is 19.3 Å². The van der Waals surface area contributed by atoms with Gasteiger partial charge in [-0.15, -0.1) is 0 Å². The van der Waals surface area contributed by atoms with E-state index in [2.05, 4.69) is 22.5 Å². The van der Waals surface area contributed by atoms with Crippen LogP contribution in [0.5, 0.6) is 0 Å². The molecule has 0 spiro atoms. The second kappa shape index (κ2) is 4.01. The van der Waals surface area contributed by atoms with E-state index >= 15 is 0 Å². The fraction of sp³-hybridized carbons (Fsp3) is 0.385. The Labute approximate surface area is 104 Å². The molecule has 1 saturated carbocycles. The van der Waals surface area contributed by atoms with Crippen LogP contribution in [0.25, 0.3) is 5.52 Å². The Morgan fingerprint density at radius 2 is 2.50 bits per heavy atom. The molecule has 5 heteroatoms. The number of aryl methyl sites for hydroxylation is 1. The Kier molecular flexibility index (Phi) is 2.47. The molecule has 0 saturated heterocycles. The summed E-state index contributed by atoms with van der Waals surface area (Å²) in [7, 11) is 0. The van der Waals surface area contributed by atoms with E-state index in [9.17, 15) is 4.79 Å². The summed E-state index contributed by atoms with van der Waals surface area (Å²) >= 11 is 0. The van der Waals surface area contributed by atoms with Gasteiger partial charge in [-0.3, -0.25) is 0 Å². The van der Waals surface area contributed by atoms with Gasteiger partial charge in [-0.25, -0.2) is 9.31 Å². The lowest BCUT2D eigenvalue weighted by Crippen LogP contribution is -2.23. The number of rotatable bonds is 3. The van der Waals surface area contributed by atoms with Crippen LogP contribution in [-0.2, 0) is 0 Å². The molecule has 18 heavy (non-hydrogen) atoms. The summed E-state index contributed by atoms with van der Waals surface area (Å²) in [6, 6.07) is 6.19. The number of hydrogen-bond acceptors (Lipinski definition) is 2. The maximum atomic E-state index is 10.5. The van der Waals surface area contributed by atoms with Gasteiger partial charge in [0.25, 0.3) is 0 Å². The van der Waals surface area contributed by atoms with Crippen molar-refractivity contribution in [2.75, 3.05) is 6.54 Å². The number of aromatic nitrogens is 2. The van der Waals surface area contributed by atoms with Crippen LogP contribution >= 0.6 is 0 Å². The highest BCUT2D eigenvalue weighted by Gasteiger charge is 2.39. The first-order chi connectivity index (χ1) is 8.65. The molecule has 3 rings (SSSR count). The standard InChI is InChI=1S/C13H15N3O2/c1-8-5-12-10(3-2-4-16(12)15-8)11-6-9(11)7-14-13(17)18/h2-5,9,11,14H,6-7H2,1H3,(H,17,18)/t9-,11+/m0/s1. The third kappa shape index (κ3) is 1.92. The zero-order valence-corrected chi connectivity index (χ0v) is 10.1. The topological polar surface area (TPSA) is 66.6 Å². The minimum atomic E-state index is -0.945. The molecule has 2 aromatic rings. The molecule has 0 radical (unpaired) electrons. The lowest BCUT2D eigenvalue weighted by Gasteiger charge is -2.03. The van der Waals surface area contributed by atoms with E-state index in [1.165, 1.54) is 5.56 Å². The second-order valence-corrected chi connectivity index (χ2v) is 4.87. The van der Waals surface area contributed by atoms with E-state index in [0.717, 1.165) is 17.6 Å². The number of carboxylic acid groups (broad SMARTS) is 1. The van der Waals surface area contributed by atoms with Crippen molar-refractivity contribution in [3.05, 3.63) is 35.7 Å². The third-order valence-electron chi connectivity index (χ3n) is 3.49. The molecule has 2 heterocycles. The smallest absolute Gasteiger partial charge is 0.404 e. The Bertz CT molecular complexity index is 605. The molecular formula is C13H15N3O2. The predicted molar refractivity (Wildman–Crippen MR) is 66.8 cm³/mol. The lowest BCUT2D eigenvalue weighted by molar-refractivity contribution is 0.194. The number of carbonyl (C=O) groups is 1. The fourth-order valence-corrected chi connectivity index (χ4v) is 2.55. The van der Waals surface area contributed by atoms with Gasteiger partial charge in [0.1, 0.15) is 0 Å². The van der Waals surface area contributed by atoms with Gasteiger partial charge in [-0.1, -0.05) is 6.07 Å². The Morgan fingerprint density at radius 1 is 1.67 bits per heavy atom. The van der Waals surface area contributed by atoms with Crippen LogP contribution in [0.2, 0.25) is 0 Å². The van der Waals surface area contributed by atoms with Crippen LogP contribution in [0.4, 0.5) is 4.79 Å². The quantitative estimate of drug-likeness (QED) is 0.869. The molecule has 1 fully saturated rings. The number of hydrogen-bond donors (Lipinski definition) is 2. The molecule has 1 aliphatic carbocycles. The molecule has 2 N–H and O–H groups in total. The van der Waals surface area contributed by atoms with Gasteiger partial charge in [-0.05, 0) is 42.9 Å². The first-order valence-corrected chi connectivity index (χ1v) is 6.07. The molecule has 1 aliphatic rings. The largest absolute Gasteiger partial charge is 0.465 e. The summed E-state index contributed by atoms with van der Waals surface area (Å²) in [5.41, 5.74) is 3.41. The molecular weight excluding hydrogens is 230 g/mol. The van der Waals surface area contributed by atoms with Gasteiger partial charge < -0.3 is 10.4 Å². The maximum Gasteiger partial charge on any atom is 0.404 e. The molecule has 5 nitrogen and oxygen atoms in total. The average molecular weight is 245 g/mol. The highest BCUT2D eigenvalue weighted by molar-refractivity contribution is 5.64. The van der Waals surface area contributed by atoms with E-state index in [1.807, 2.05) is 23.7 Å². The van der Waals surface area contributed by atoms with Crippen molar-refractivity contribution >= 4 is 11.6 Å². The number of nitrogens with zero attached hydrogens (tertiary/aromatic N) is 2. The fourth-order valence-electron chi connectivity index (χ4n) is 2.55. The van der Waals surface area contributed by atoms with Crippen molar-refractivity contribution in [2.24, 2.45) is 5.92 Å². The predicted octanol–water partition coefficient (Wildman–Crippen LogP) is 2.01. The van der Waals surface area contributed by atoms with Crippen LogP contribution in [-0.4, -0.2) is 27.4 Å². The number of pyridine rings is 1. The zero-order valence-electron chi connectivity index (χ0n) is 10.1. The SMILES string of the molecule is Cc1cc2c([C@@H]3C[C@H]3CNC(=O)O)cccn2n1. The highest BCUT2D eigenvalue weighted by Crippen LogP contribution is 2.48. The second-order valence-electron chi connectivity index (χ2n) is 4.87. The van der Waals surface area contributed by atoms with Gasteiger partial charge in [0.15, 0.2) is 0 Å². The lowest BCUT2D eigenvalue weighted by atomic mass is 10.1. The summed E-state index contributed by atoms with van der Waals surface area (Å²) < 4.78 is 1.89. The van der Waals surface area contributed by atoms with E-state index < -0.39 is 6.09 Å². The third-order valence-corrected chi connectivity index (χ3v) is 3.49. The minimum absolute atomic E-state index is 0.419. The summed E-state index contributed by atoms with van der Waals surface area (Å²) in [4.78, 5) is 10.5. The minimum Gasteiger partial charge on any atom is -0.465 e. The first-order valence-electron chi connectivity index (χ1n) is 6.07. The van der Waals surface area contributed by atoms with E-state index in [4.69, 9.17) is 5.11 Å². The average Bonchev–Trinajstić information content (AvgIpc) is 2.98. The van der Waals surface area contributed by atoms with Gasteiger partial charge in [0, 0.05) is 12.7 Å². The van der Waals surface area contributed by atoms with E-state index in [0.29, 0.717) is 18.4 Å². The van der Waals surface area contributed by atoms with Crippen molar-refractivity contribution in [1.82, 2.24) is 14.9 Å². The Morgan fingerprint density at radius 3 is 3.28 bits per heavy atom. The maximum absolute atomic E-state index is 10.5. The van der Waals surface area contributed by atoms with Gasteiger partial charge in [0.2, 0.25) is 0 Å². The van der Waals surface area contributed by atoms with Gasteiger partial charge in [-0.2, -0.15) is 5.10 Å². The van der Waals surface area contributed by atoms with Crippen LogP contribution in [0.3, 0.4) is 0 Å². The summed E-state index contributed by atoms with van der Waals surface area (Å²) in [5.74, 6) is 0.874. The highest BCUT2D eigenvalue weighted by atomic mass is 16.4. The molecule has 2 aromatic heterocycles. The first kappa shape index (κ1) is 11.1. The Hall–Kier alpha value is -2.04. The van der Waals surface area contributed by atoms with Crippen molar-refractivity contribution in [3.8, 4) is 0 Å². The summed E-state index contributed by atoms with van der Waals surface area (Å²) in [5, 5.41) is 15.4. The molecule has 0 aliphatic heterocycles. The Balaban J connectivity index is 1.81. The summed E-state index contributed by atoms with van der Waals surface area (Å²) in [6.45, 7) is 2.52. The monoisotopic (exact) mass is 245 g/mol. The van der Waals surface area contributed by atoms with Crippen molar-refractivity contribution < 1.29 is 9.90 Å². The van der Waals surface area contributed by atoms with Crippen molar-refractivity contribution in [3.63, 3.8) is 0 Å². The summed E-state index contributed by atoms with van der Waals surface area (Å²) in [6.07, 6.45) is 2.04. The molecule has 0 aromatic carbocycles. The van der Waals surface area contributed by atoms with E-state index in [-0.39, 0.29) is 0 Å². The van der Waals surface area contributed by atoms with Crippen LogP contribution in [0.1, 0.15) is 23.6 Å². The van der Waals surface area contributed by atoms with E-state index in [1.54, 1.807) is 0 Å². The number of amides is 1. The molecule has 0 unspecified atom stereocenters. The van der Waals surface area contributed by atoms with Gasteiger partial charge in [0.05, 0.1) is 11.2 Å². The van der Waals surface area contributed by atoms with Crippen LogP contribution < -0.4 is 5.32 Å². The molecule has 2 atom stereocenters. The normalized spacial score (nSPS) is 22.1. The van der Waals surface area contributed by atoms with Crippen molar-refractivity contribution in [1.29, 1.82) is 0 Å². The number of fused-ring (bicyclic) bond motifs is 1.